The Bertz CT molecular complexity index is 1590. The van der Waals surface area contributed by atoms with Gasteiger partial charge in [-0.1, -0.05) is 71.6 Å². The van der Waals surface area contributed by atoms with E-state index in [2.05, 4.69) is 60.7 Å². The number of aromatic nitrogens is 1. The molecule has 2 bridgehead atoms. The highest BCUT2D eigenvalue weighted by Crippen LogP contribution is 2.43. The van der Waals surface area contributed by atoms with E-state index < -0.39 is 0 Å². The minimum absolute atomic E-state index is 0.0868. The Morgan fingerprint density at radius 1 is 0.976 bits per heavy atom. The SMILES string of the molecule is Cn1c(O)c(C2CCC(c3ccc(CC4=CCC=C(/C5=C/CCC6=CC(=N5)C=C(F)CC6)C=C4)cc3)CC2)sc1=O. The summed E-state index contributed by atoms with van der Waals surface area (Å²) in [6.07, 6.45) is 23.7. The molecule has 6 heteroatoms. The summed E-state index contributed by atoms with van der Waals surface area (Å²) in [5, 5.41) is 10.3. The highest BCUT2D eigenvalue weighted by atomic mass is 32.1. The molecule has 212 valence electrons. The molecule has 1 fully saturated rings. The molecule has 1 saturated carbocycles. The lowest BCUT2D eigenvalue weighted by molar-refractivity contribution is 0.375. The molecule has 2 heterocycles. The lowest BCUT2D eigenvalue weighted by Gasteiger charge is -2.28. The number of nitrogens with zero attached hydrogens (tertiary/aromatic N) is 2. The normalized spacial score (nSPS) is 24.3. The van der Waals surface area contributed by atoms with Gasteiger partial charge in [-0.3, -0.25) is 9.36 Å². The molecule has 41 heavy (non-hydrogen) atoms. The summed E-state index contributed by atoms with van der Waals surface area (Å²) in [5.41, 5.74) is 7.99. The van der Waals surface area contributed by atoms with Crippen molar-refractivity contribution in [3.63, 3.8) is 0 Å². The van der Waals surface area contributed by atoms with Crippen LogP contribution in [0, 0.1) is 0 Å². The second-order valence-electron chi connectivity index (χ2n) is 11.6. The number of aromatic hydroxyl groups is 1. The number of fused-ring (bicyclic) bond motifs is 1. The van der Waals surface area contributed by atoms with Crippen LogP contribution in [0.2, 0.25) is 0 Å². The van der Waals surface area contributed by atoms with Crippen molar-refractivity contribution in [2.45, 2.75) is 76.0 Å². The van der Waals surface area contributed by atoms with E-state index in [1.165, 1.54) is 38.2 Å². The Morgan fingerprint density at radius 2 is 1.76 bits per heavy atom. The number of allylic oxidation sites excluding steroid dienone is 10. The number of benzene rings is 1. The van der Waals surface area contributed by atoms with Crippen LogP contribution in [0.4, 0.5) is 4.39 Å². The lowest BCUT2D eigenvalue weighted by Crippen LogP contribution is -2.11. The summed E-state index contributed by atoms with van der Waals surface area (Å²) in [6.45, 7) is 0. The van der Waals surface area contributed by atoms with E-state index in [0.717, 1.165) is 79.6 Å². The number of hydrogen-bond donors (Lipinski definition) is 1. The zero-order valence-corrected chi connectivity index (χ0v) is 24.4. The molecule has 3 aliphatic carbocycles. The Hall–Kier alpha value is -3.51. The highest BCUT2D eigenvalue weighted by molar-refractivity contribution is 7.09. The number of aliphatic imine (C=N–C) groups is 1. The summed E-state index contributed by atoms with van der Waals surface area (Å²) >= 11 is 1.19. The Labute approximate surface area is 245 Å². The van der Waals surface area contributed by atoms with Crippen LogP contribution in [-0.4, -0.2) is 15.4 Å². The van der Waals surface area contributed by atoms with Crippen molar-refractivity contribution >= 4 is 17.0 Å². The minimum Gasteiger partial charge on any atom is -0.494 e. The molecule has 4 aliphatic rings. The molecular formula is C35H37FN2O2S. The summed E-state index contributed by atoms with van der Waals surface area (Å²) in [4.78, 5) is 17.5. The van der Waals surface area contributed by atoms with Crippen LogP contribution in [0.5, 0.6) is 5.88 Å². The highest BCUT2D eigenvalue weighted by Gasteiger charge is 2.28. The van der Waals surface area contributed by atoms with E-state index in [1.54, 1.807) is 13.1 Å². The smallest absolute Gasteiger partial charge is 0.309 e. The van der Waals surface area contributed by atoms with Gasteiger partial charge in [0.15, 0.2) is 0 Å². The van der Waals surface area contributed by atoms with Gasteiger partial charge in [0.25, 0.3) is 0 Å². The third-order valence-corrected chi connectivity index (χ3v) is 10.0. The summed E-state index contributed by atoms with van der Waals surface area (Å²) in [7, 11) is 1.64. The van der Waals surface area contributed by atoms with Gasteiger partial charge in [0.1, 0.15) is 5.83 Å². The molecule has 0 radical (unpaired) electrons. The molecule has 1 aliphatic heterocycles. The average Bonchev–Trinajstić information content (AvgIpc) is 3.17. The van der Waals surface area contributed by atoms with Gasteiger partial charge in [-0.05, 0) is 104 Å². The first-order chi connectivity index (χ1) is 19.9. The second kappa shape index (κ2) is 12.2. The maximum atomic E-state index is 14.1. The fourth-order valence-electron chi connectivity index (χ4n) is 6.41. The number of halogens is 1. The van der Waals surface area contributed by atoms with Gasteiger partial charge >= 0.3 is 4.87 Å². The Morgan fingerprint density at radius 3 is 2.51 bits per heavy atom. The molecule has 0 spiro atoms. The summed E-state index contributed by atoms with van der Waals surface area (Å²) in [6, 6.07) is 9.06. The van der Waals surface area contributed by atoms with Gasteiger partial charge in [0.05, 0.1) is 16.3 Å². The van der Waals surface area contributed by atoms with E-state index in [1.807, 2.05) is 0 Å². The van der Waals surface area contributed by atoms with Crippen molar-refractivity contribution in [3.8, 4) is 5.88 Å². The van der Waals surface area contributed by atoms with Crippen molar-refractivity contribution in [2.75, 3.05) is 0 Å². The fraction of sp³-hybridized carbons (Fsp3) is 0.371. The maximum absolute atomic E-state index is 14.1. The van der Waals surface area contributed by atoms with E-state index in [0.29, 0.717) is 12.3 Å². The van der Waals surface area contributed by atoms with Gasteiger partial charge in [-0.25, -0.2) is 9.38 Å². The third kappa shape index (κ3) is 6.38. The van der Waals surface area contributed by atoms with Crippen LogP contribution < -0.4 is 4.87 Å². The first-order valence-corrected chi connectivity index (χ1v) is 15.6. The van der Waals surface area contributed by atoms with Gasteiger partial charge in [0, 0.05) is 13.5 Å². The molecule has 1 aromatic heterocycles. The van der Waals surface area contributed by atoms with Crippen molar-refractivity contribution in [1.29, 1.82) is 0 Å². The van der Waals surface area contributed by atoms with E-state index in [4.69, 9.17) is 4.99 Å². The molecule has 1 aromatic carbocycles. The van der Waals surface area contributed by atoms with Gasteiger partial charge in [-0.15, -0.1) is 0 Å². The largest absolute Gasteiger partial charge is 0.494 e. The van der Waals surface area contributed by atoms with Crippen LogP contribution >= 0.6 is 11.3 Å². The Kier molecular flexibility index (Phi) is 8.20. The van der Waals surface area contributed by atoms with E-state index in [9.17, 15) is 14.3 Å². The van der Waals surface area contributed by atoms with Gasteiger partial charge in [0.2, 0.25) is 5.88 Å². The summed E-state index contributed by atoms with van der Waals surface area (Å²) in [5.74, 6) is 0.860. The first kappa shape index (κ1) is 27.6. The predicted molar refractivity (Wildman–Crippen MR) is 167 cm³/mol. The quantitative estimate of drug-likeness (QED) is 0.392. The van der Waals surface area contributed by atoms with Crippen LogP contribution in [0.1, 0.15) is 85.6 Å². The van der Waals surface area contributed by atoms with Crippen molar-refractivity contribution in [3.05, 3.63) is 121 Å². The molecule has 4 nitrogen and oxygen atoms in total. The maximum Gasteiger partial charge on any atom is 0.309 e. The van der Waals surface area contributed by atoms with Crippen molar-refractivity contribution in [2.24, 2.45) is 12.0 Å². The van der Waals surface area contributed by atoms with Crippen LogP contribution in [0.3, 0.4) is 0 Å². The molecule has 0 amide bonds. The minimum atomic E-state index is -0.0869. The topological polar surface area (TPSA) is 54.6 Å². The molecule has 6 rings (SSSR count). The molecule has 1 N–H and O–H groups in total. The Balaban J connectivity index is 1.07. The zero-order valence-electron chi connectivity index (χ0n) is 23.6. The lowest BCUT2D eigenvalue weighted by atomic mass is 9.78. The average molecular weight is 569 g/mol. The summed E-state index contributed by atoms with van der Waals surface area (Å²) < 4.78 is 15.5. The van der Waals surface area contributed by atoms with E-state index in [-0.39, 0.29) is 22.5 Å². The van der Waals surface area contributed by atoms with E-state index >= 15 is 0 Å². The fourth-order valence-corrected chi connectivity index (χ4v) is 7.45. The van der Waals surface area contributed by atoms with Crippen LogP contribution in [-0.2, 0) is 13.5 Å². The molecule has 0 saturated heterocycles. The predicted octanol–water partition coefficient (Wildman–Crippen LogP) is 8.64. The van der Waals surface area contributed by atoms with Gasteiger partial charge < -0.3 is 5.11 Å². The zero-order chi connectivity index (χ0) is 28.3. The molecule has 0 unspecified atom stereocenters. The standard InChI is InChI=1S/C35H37FN2O2S/c1-38-34(39)33(41-35(38)40)29-17-15-27(16-18-29)26-12-8-25(9-13-26)20-23-4-2-6-28(14-10-23)32-7-3-5-24-11-19-30(36)22-31(21-24)37-32/h4,6-10,12-14,21-22,27,29,39H,2-3,5,11,15-20H2,1H3/b32-7-,37-31?. The number of rotatable bonds is 5. The molecule has 0 atom stereocenters. The first-order valence-electron chi connectivity index (χ1n) is 14.8. The number of thiazole rings is 1. The van der Waals surface area contributed by atoms with Crippen LogP contribution in [0.25, 0.3) is 0 Å². The monoisotopic (exact) mass is 568 g/mol. The van der Waals surface area contributed by atoms with Crippen LogP contribution in [0.15, 0.2) is 105 Å². The van der Waals surface area contributed by atoms with Crippen molar-refractivity contribution in [1.82, 2.24) is 4.57 Å². The molecular weight excluding hydrogens is 531 g/mol. The third-order valence-electron chi connectivity index (χ3n) is 8.85. The van der Waals surface area contributed by atoms with Gasteiger partial charge in [-0.2, -0.15) is 0 Å². The second-order valence-corrected chi connectivity index (χ2v) is 12.6. The number of hydrogen-bond acceptors (Lipinski definition) is 4. The molecule has 2 aromatic rings. The van der Waals surface area contributed by atoms with Crippen molar-refractivity contribution < 1.29 is 9.50 Å².